The van der Waals surface area contributed by atoms with E-state index in [-0.39, 0.29) is 45.2 Å². The molecular formula is C33H34N12O10S3. The lowest BCUT2D eigenvalue weighted by molar-refractivity contribution is -0.150. The van der Waals surface area contributed by atoms with Crippen LogP contribution in [0.2, 0.25) is 0 Å². The third-order valence-corrected chi connectivity index (χ3v) is 11.4. The van der Waals surface area contributed by atoms with Gasteiger partial charge in [0.2, 0.25) is 11.4 Å². The number of β-lactam (4-membered cyclic amide) rings is 1. The van der Waals surface area contributed by atoms with Gasteiger partial charge in [-0.15, -0.1) is 40.0 Å². The average Bonchev–Trinajstić information content (AvgIpc) is 3.81. The van der Waals surface area contributed by atoms with E-state index < -0.39 is 69.7 Å². The molecule has 0 spiro atoms. The van der Waals surface area contributed by atoms with E-state index in [0.717, 1.165) is 28.4 Å². The SMILES string of the molecule is Cc1cc(SCC2=C(C(=O)O)N3C(=O)[C@@H](NC(=O)/C(=N\OC(C)(C)C(=O)NNC(=O)c4ccc(O)c(O)c4)c4csc(N)n4)[C@H]3SC2)n2nc(C(=O)N(C)C)nc2n1. The van der Waals surface area contributed by atoms with Gasteiger partial charge in [0.05, 0.1) is 0 Å². The number of nitrogen functional groups attached to an aromatic ring is 1. The zero-order valence-electron chi connectivity index (χ0n) is 31.0. The zero-order valence-corrected chi connectivity index (χ0v) is 33.5. The van der Waals surface area contributed by atoms with Crippen LogP contribution in [0.1, 0.15) is 46.2 Å². The third-order valence-electron chi connectivity index (χ3n) is 8.35. The lowest BCUT2D eigenvalue weighted by atomic mass is 10.0. The van der Waals surface area contributed by atoms with Gasteiger partial charge in [-0.25, -0.2) is 14.8 Å². The Morgan fingerprint density at radius 3 is 2.50 bits per heavy atom. The van der Waals surface area contributed by atoms with Gasteiger partial charge in [-0.3, -0.25) is 39.7 Å². The fraction of sp³-hybridized carbons (Fsp3) is 0.303. The van der Waals surface area contributed by atoms with E-state index in [1.165, 1.54) is 58.2 Å². The minimum Gasteiger partial charge on any atom is -0.504 e. The summed E-state index contributed by atoms with van der Waals surface area (Å²) in [6.07, 6.45) is 0. The molecule has 8 N–H and O–H groups in total. The largest absolute Gasteiger partial charge is 0.504 e. The number of aliphatic carboxylic acids is 1. The first kappa shape index (κ1) is 41.2. The molecule has 1 saturated heterocycles. The van der Waals surface area contributed by atoms with Crippen molar-refractivity contribution in [2.24, 2.45) is 5.16 Å². The lowest BCUT2D eigenvalue weighted by Gasteiger charge is -2.49. The van der Waals surface area contributed by atoms with Crippen LogP contribution in [0.25, 0.3) is 5.78 Å². The summed E-state index contributed by atoms with van der Waals surface area (Å²) in [5.74, 6) is -5.72. The van der Waals surface area contributed by atoms with Gasteiger partial charge in [-0.1, -0.05) is 5.16 Å². The second-order valence-electron chi connectivity index (χ2n) is 13.2. The highest BCUT2D eigenvalue weighted by molar-refractivity contribution is 8.01. The summed E-state index contributed by atoms with van der Waals surface area (Å²) in [5, 5.41) is 41.3. The predicted molar refractivity (Wildman–Crippen MR) is 208 cm³/mol. The molecule has 2 aliphatic rings. The number of aromatic nitrogens is 5. The molecule has 1 fully saturated rings. The molecule has 2 aliphatic heterocycles. The molecule has 1 aromatic carbocycles. The number of aryl methyl sites for hydroxylation is 1. The molecule has 304 valence electrons. The van der Waals surface area contributed by atoms with E-state index in [0.29, 0.717) is 16.3 Å². The Morgan fingerprint density at radius 2 is 1.84 bits per heavy atom. The molecule has 0 saturated carbocycles. The summed E-state index contributed by atoms with van der Waals surface area (Å²) in [4.78, 5) is 98.3. The van der Waals surface area contributed by atoms with Gasteiger partial charge in [0, 0.05) is 42.2 Å². The highest BCUT2D eigenvalue weighted by Gasteiger charge is 2.54. The van der Waals surface area contributed by atoms with Crippen molar-refractivity contribution in [3.05, 3.63) is 63.7 Å². The van der Waals surface area contributed by atoms with E-state index in [1.807, 2.05) is 0 Å². The Hall–Kier alpha value is -6.47. The Kier molecular flexibility index (Phi) is 11.5. The molecule has 0 unspecified atom stereocenters. The summed E-state index contributed by atoms with van der Waals surface area (Å²) >= 11 is 3.43. The van der Waals surface area contributed by atoms with Crippen molar-refractivity contribution >= 4 is 87.0 Å². The maximum Gasteiger partial charge on any atom is 0.352 e. The Bertz CT molecular complexity index is 2450. The number of amides is 5. The number of benzene rings is 1. The quantitative estimate of drug-likeness (QED) is 0.0248. The van der Waals surface area contributed by atoms with Gasteiger partial charge in [0.15, 0.2) is 22.3 Å². The van der Waals surface area contributed by atoms with E-state index in [4.69, 9.17) is 10.6 Å². The highest BCUT2D eigenvalue weighted by Crippen LogP contribution is 2.42. The number of oxime groups is 1. The van der Waals surface area contributed by atoms with Crippen molar-refractivity contribution in [2.75, 3.05) is 31.3 Å². The minimum absolute atomic E-state index is 0.0481. The molecule has 0 radical (unpaired) electrons. The first-order valence-corrected chi connectivity index (χ1v) is 19.7. The molecule has 0 bridgehead atoms. The summed E-state index contributed by atoms with van der Waals surface area (Å²) in [7, 11) is 3.13. The molecular weight excluding hydrogens is 821 g/mol. The molecule has 0 aliphatic carbocycles. The summed E-state index contributed by atoms with van der Waals surface area (Å²) in [5.41, 5.74) is 8.45. The number of phenols is 2. The normalized spacial score (nSPS) is 16.7. The van der Waals surface area contributed by atoms with Crippen molar-refractivity contribution in [1.29, 1.82) is 0 Å². The Morgan fingerprint density at radius 1 is 1.10 bits per heavy atom. The van der Waals surface area contributed by atoms with Gasteiger partial charge in [0.1, 0.15) is 27.8 Å². The fourth-order valence-electron chi connectivity index (χ4n) is 5.32. The summed E-state index contributed by atoms with van der Waals surface area (Å²) in [6.45, 7) is 4.30. The molecule has 2 atom stereocenters. The van der Waals surface area contributed by atoms with Crippen LogP contribution in [0.4, 0.5) is 5.13 Å². The van der Waals surface area contributed by atoms with Crippen LogP contribution >= 0.6 is 34.9 Å². The number of hydrogen-bond donors (Lipinski definition) is 7. The summed E-state index contributed by atoms with van der Waals surface area (Å²) in [6, 6.07) is 3.81. The van der Waals surface area contributed by atoms with E-state index in [9.17, 15) is 44.1 Å². The number of rotatable bonds is 12. The maximum atomic E-state index is 13.7. The molecule has 5 amide bonds. The van der Waals surface area contributed by atoms with Gasteiger partial charge in [0.25, 0.3) is 35.3 Å². The fourth-order valence-corrected chi connectivity index (χ4v) is 8.40. The van der Waals surface area contributed by atoms with Crippen LogP contribution in [-0.2, 0) is 24.0 Å². The van der Waals surface area contributed by atoms with Crippen molar-refractivity contribution in [3.63, 3.8) is 0 Å². The number of nitrogens with zero attached hydrogens (tertiary/aromatic N) is 8. The number of carboxylic acids is 1. The molecule has 3 aromatic heterocycles. The number of nitrogens with two attached hydrogens (primary N) is 1. The number of fused-ring (bicyclic) bond motifs is 2. The number of thiazole rings is 1. The third kappa shape index (κ3) is 8.30. The molecule has 5 heterocycles. The number of carboxylic acid groups (broad SMARTS) is 1. The first-order valence-electron chi connectivity index (χ1n) is 16.8. The van der Waals surface area contributed by atoms with Crippen LogP contribution in [-0.4, -0.2) is 134 Å². The standard InChI is InChI=1S/C33H34N12O10S3/c1-13-8-19(45-32(35-13)38-23(41-45)27(51)43(4)5)56-10-15-11-57-28-21(26(50)44(28)22(15)29(52)53)37-25(49)20(16-12-58-31(34)36-16)42-55-33(2,3)30(54)40-39-24(48)14-6-7-17(46)18(47)9-14/h6-9,12,21,28,46-47H,10-11H2,1-5H3,(H2,34,36)(H,37,49)(H,39,48)(H,40,54)(H,52,53)/b42-20-/t21-,28-/m1/s1. The monoisotopic (exact) mass is 854 g/mol. The van der Waals surface area contributed by atoms with Gasteiger partial charge in [-0.2, -0.15) is 9.50 Å². The number of nitrogens with one attached hydrogen (secondary N) is 3. The van der Waals surface area contributed by atoms with Gasteiger partial charge in [-0.05, 0) is 50.6 Å². The maximum absolute atomic E-state index is 13.7. The summed E-state index contributed by atoms with van der Waals surface area (Å²) < 4.78 is 1.39. The number of carbonyl (C=O) groups excluding carboxylic acids is 5. The van der Waals surface area contributed by atoms with Crippen LogP contribution in [0.3, 0.4) is 0 Å². The Labute approximate surface area is 339 Å². The number of hydrazine groups is 1. The van der Waals surface area contributed by atoms with Gasteiger partial charge < -0.3 is 36.1 Å². The number of anilines is 1. The molecule has 4 aromatic rings. The minimum atomic E-state index is -1.82. The van der Waals surface area contributed by atoms with Crippen LogP contribution in [0.15, 0.2) is 51.1 Å². The smallest absolute Gasteiger partial charge is 0.352 e. The molecule has 6 rings (SSSR count). The van der Waals surface area contributed by atoms with Crippen LogP contribution in [0, 0.1) is 6.92 Å². The van der Waals surface area contributed by atoms with E-state index >= 15 is 0 Å². The Balaban J connectivity index is 1.15. The van der Waals surface area contributed by atoms with E-state index in [2.05, 4.69) is 41.4 Å². The first-order chi connectivity index (χ1) is 27.4. The average molecular weight is 855 g/mol. The second kappa shape index (κ2) is 16.2. The van der Waals surface area contributed by atoms with Crippen LogP contribution in [0.5, 0.6) is 11.5 Å². The van der Waals surface area contributed by atoms with E-state index in [1.54, 1.807) is 27.1 Å². The number of hydrogen-bond acceptors (Lipinski definition) is 18. The molecule has 22 nitrogen and oxygen atoms in total. The number of thioether (sulfide) groups is 2. The van der Waals surface area contributed by atoms with Crippen molar-refractivity contribution in [1.82, 2.24) is 50.5 Å². The van der Waals surface area contributed by atoms with Gasteiger partial charge >= 0.3 is 5.97 Å². The number of phenolic OH excluding ortho intramolecular Hbond substituents is 2. The molecule has 58 heavy (non-hydrogen) atoms. The number of carbonyl (C=O) groups is 6. The lowest BCUT2D eigenvalue weighted by Crippen LogP contribution is -2.71. The van der Waals surface area contributed by atoms with Crippen molar-refractivity contribution in [2.45, 2.75) is 42.8 Å². The van der Waals surface area contributed by atoms with Crippen LogP contribution < -0.4 is 21.9 Å². The topological polar surface area (TPSA) is 309 Å². The van der Waals surface area contributed by atoms with Crippen molar-refractivity contribution in [3.8, 4) is 11.5 Å². The predicted octanol–water partition coefficient (Wildman–Crippen LogP) is 0.0758. The zero-order chi connectivity index (χ0) is 42.2. The highest BCUT2D eigenvalue weighted by atomic mass is 32.2. The second-order valence-corrected chi connectivity index (χ2v) is 16.2. The number of aromatic hydroxyl groups is 2. The van der Waals surface area contributed by atoms with Crippen molar-refractivity contribution < 1.29 is 48.9 Å². The molecule has 25 heteroatoms.